The van der Waals surface area contributed by atoms with Crippen molar-refractivity contribution < 1.29 is 9.59 Å². The molecular formula is C31H37ClN8O2. The zero-order valence-corrected chi connectivity index (χ0v) is 25.3. The normalized spacial score (nSPS) is 13.9. The van der Waals surface area contributed by atoms with E-state index in [0.717, 1.165) is 53.6 Å². The minimum atomic E-state index is -0.366. The van der Waals surface area contributed by atoms with Gasteiger partial charge in [-0.3, -0.25) is 9.59 Å². The Balaban J connectivity index is 1.44. The lowest BCUT2D eigenvalue weighted by molar-refractivity contribution is -0.129. The second-order valence-corrected chi connectivity index (χ2v) is 11.6. The highest BCUT2D eigenvalue weighted by molar-refractivity contribution is 6.31. The molecule has 4 aromatic rings. The topological polar surface area (TPSA) is 110 Å². The predicted molar refractivity (Wildman–Crippen MR) is 167 cm³/mol. The van der Waals surface area contributed by atoms with Crippen molar-refractivity contribution in [1.82, 2.24) is 34.6 Å². The Morgan fingerprint density at radius 1 is 1.12 bits per heavy atom. The van der Waals surface area contributed by atoms with Gasteiger partial charge in [0, 0.05) is 62.3 Å². The number of aromatic nitrogens is 4. The molecule has 0 saturated carbocycles. The van der Waals surface area contributed by atoms with Crippen molar-refractivity contribution in [3.05, 3.63) is 70.9 Å². The third-order valence-electron chi connectivity index (χ3n) is 7.83. The third-order valence-corrected chi connectivity index (χ3v) is 8.07. The summed E-state index contributed by atoms with van der Waals surface area (Å²) in [6.45, 7) is 8.00. The van der Waals surface area contributed by atoms with Crippen LogP contribution in [0.5, 0.6) is 0 Å². The summed E-state index contributed by atoms with van der Waals surface area (Å²) in [6, 6.07) is 8.94. The average Bonchev–Trinajstić information content (AvgIpc) is 3.65. The number of hydrogen-bond donors (Lipinski definition) is 2. The number of nitrogens with one attached hydrogen (secondary N) is 2. The van der Waals surface area contributed by atoms with Crippen LogP contribution >= 0.6 is 11.6 Å². The van der Waals surface area contributed by atoms with E-state index in [1.54, 1.807) is 18.0 Å². The number of rotatable bonds is 10. The first-order valence-electron chi connectivity index (χ1n) is 14.2. The molecule has 2 aromatic heterocycles. The van der Waals surface area contributed by atoms with E-state index in [4.69, 9.17) is 16.6 Å². The van der Waals surface area contributed by atoms with Crippen LogP contribution in [0.2, 0.25) is 5.02 Å². The SMILES string of the molecule is C=C(CN(C)C(=O)CCC(Nc1ncnc2cc(C(=O)N3CCCC3)c(C)cc12)c1nc2ccc(Cl)cc2[nH]1)N(C)C. The zero-order chi connectivity index (χ0) is 30.0. The van der Waals surface area contributed by atoms with Gasteiger partial charge in [-0.2, -0.15) is 0 Å². The Bertz CT molecular complexity index is 1640. The van der Waals surface area contributed by atoms with E-state index in [9.17, 15) is 9.59 Å². The number of anilines is 1. The Kier molecular flexibility index (Phi) is 8.63. The average molecular weight is 589 g/mol. The molecule has 1 saturated heterocycles. The Morgan fingerprint density at radius 3 is 2.62 bits per heavy atom. The molecule has 10 nitrogen and oxygen atoms in total. The van der Waals surface area contributed by atoms with Crippen LogP contribution in [0.3, 0.4) is 0 Å². The highest BCUT2D eigenvalue weighted by Gasteiger charge is 2.24. The molecule has 5 rings (SSSR count). The number of H-pyrrole nitrogens is 1. The molecular weight excluding hydrogens is 552 g/mol. The quantitative estimate of drug-likeness (QED) is 0.263. The molecule has 2 aromatic carbocycles. The standard InChI is InChI=1S/C31H37ClN8O2/c1-19-14-23-26(16-22(19)31(42)40-12-6-7-13-40)33-18-34-29(23)36-25(10-11-28(41)39(5)17-20(2)38(3)4)30-35-24-9-8-21(32)15-27(24)37-30/h8-9,14-16,18,25H,2,6-7,10-13,17H2,1,3-5H3,(H,35,37)(H,33,34,36). The number of halogens is 1. The second kappa shape index (κ2) is 12.4. The van der Waals surface area contributed by atoms with E-state index in [1.807, 2.05) is 55.1 Å². The van der Waals surface area contributed by atoms with Gasteiger partial charge in [-0.1, -0.05) is 18.2 Å². The Morgan fingerprint density at radius 2 is 1.88 bits per heavy atom. The zero-order valence-electron chi connectivity index (χ0n) is 24.6. The first kappa shape index (κ1) is 29.3. The predicted octanol–water partition coefficient (Wildman–Crippen LogP) is 5.17. The van der Waals surface area contributed by atoms with Crippen LogP contribution in [-0.4, -0.2) is 87.2 Å². The largest absolute Gasteiger partial charge is 0.380 e. The summed E-state index contributed by atoms with van der Waals surface area (Å²) in [5.74, 6) is 1.31. The summed E-state index contributed by atoms with van der Waals surface area (Å²) in [4.78, 5) is 49.0. The van der Waals surface area contributed by atoms with Gasteiger partial charge in [-0.15, -0.1) is 0 Å². The van der Waals surface area contributed by atoms with Gasteiger partial charge in [0.1, 0.15) is 18.0 Å². The molecule has 42 heavy (non-hydrogen) atoms. The molecule has 11 heteroatoms. The summed E-state index contributed by atoms with van der Waals surface area (Å²) in [5, 5.41) is 4.93. The van der Waals surface area contributed by atoms with Gasteiger partial charge in [0.05, 0.1) is 29.1 Å². The molecule has 0 bridgehead atoms. The van der Waals surface area contributed by atoms with Gasteiger partial charge in [-0.25, -0.2) is 15.0 Å². The fourth-order valence-corrected chi connectivity index (χ4v) is 5.39. The van der Waals surface area contributed by atoms with Crippen LogP contribution in [-0.2, 0) is 4.79 Å². The smallest absolute Gasteiger partial charge is 0.254 e. The number of fused-ring (bicyclic) bond motifs is 2. The van der Waals surface area contributed by atoms with Crippen LogP contribution < -0.4 is 5.32 Å². The molecule has 1 aliphatic rings. The first-order chi connectivity index (χ1) is 20.1. The van der Waals surface area contributed by atoms with E-state index >= 15 is 0 Å². The fourth-order valence-electron chi connectivity index (χ4n) is 5.22. The Hall–Kier alpha value is -4.18. The number of imidazole rings is 1. The van der Waals surface area contributed by atoms with Gasteiger partial charge >= 0.3 is 0 Å². The maximum absolute atomic E-state index is 13.2. The van der Waals surface area contributed by atoms with Crippen LogP contribution in [0.1, 0.15) is 53.5 Å². The van der Waals surface area contributed by atoms with Crippen molar-refractivity contribution in [1.29, 1.82) is 0 Å². The van der Waals surface area contributed by atoms with E-state index < -0.39 is 0 Å². The molecule has 0 spiro atoms. The summed E-state index contributed by atoms with van der Waals surface area (Å²) in [6.07, 6.45) is 4.30. The van der Waals surface area contributed by atoms with E-state index in [1.165, 1.54) is 6.33 Å². The van der Waals surface area contributed by atoms with Gasteiger partial charge in [0.15, 0.2) is 0 Å². The number of amides is 2. The van der Waals surface area contributed by atoms with E-state index in [2.05, 4.69) is 26.8 Å². The maximum atomic E-state index is 13.2. The molecule has 220 valence electrons. The monoisotopic (exact) mass is 588 g/mol. The summed E-state index contributed by atoms with van der Waals surface area (Å²) in [7, 11) is 5.60. The highest BCUT2D eigenvalue weighted by atomic mass is 35.5. The lowest BCUT2D eigenvalue weighted by Gasteiger charge is -2.24. The number of nitrogens with zero attached hydrogens (tertiary/aromatic N) is 6. The van der Waals surface area contributed by atoms with E-state index in [0.29, 0.717) is 40.7 Å². The summed E-state index contributed by atoms with van der Waals surface area (Å²) >= 11 is 6.23. The second-order valence-electron chi connectivity index (χ2n) is 11.1. The first-order valence-corrected chi connectivity index (χ1v) is 14.5. The van der Waals surface area contributed by atoms with Crippen molar-refractivity contribution in [2.45, 2.75) is 38.6 Å². The van der Waals surface area contributed by atoms with Crippen molar-refractivity contribution in [2.75, 3.05) is 46.1 Å². The van der Waals surface area contributed by atoms with Gasteiger partial charge < -0.3 is 25.0 Å². The van der Waals surface area contributed by atoms with Gasteiger partial charge in [-0.05, 0) is 62.1 Å². The molecule has 2 amide bonds. The molecule has 3 heterocycles. The molecule has 1 atom stereocenters. The van der Waals surface area contributed by atoms with Crippen molar-refractivity contribution in [3.8, 4) is 0 Å². The molecule has 0 radical (unpaired) electrons. The summed E-state index contributed by atoms with van der Waals surface area (Å²) < 4.78 is 0. The number of carbonyl (C=O) groups excluding carboxylic acids is 2. The van der Waals surface area contributed by atoms with Crippen LogP contribution in [0.15, 0.2) is 48.9 Å². The molecule has 1 aliphatic heterocycles. The van der Waals surface area contributed by atoms with Crippen LogP contribution in [0.4, 0.5) is 5.82 Å². The Labute approximate surface area is 250 Å². The van der Waals surface area contributed by atoms with Crippen molar-refractivity contribution >= 4 is 51.2 Å². The van der Waals surface area contributed by atoms with Crippen molar-refractivity contribution in [3.63, 3.8) is 0 Å². The maximum Gasteiger partial charge on any atom is 0.254 e. The van der Waals surface area contributed by atoms with Crippen LogP contribution in [0.25, 0.3) is 21.9 Å². The minimum Gasteiger partial charge on any atom is -0.380 e. The van der Waals surface area contributed by atoms with Gasteiger partial charge in [0.2, 0.25) is 5.91 Å². The number of hydrogen-bond acceptors (Lipinski definition) is 7. The number of aryl methyl sites for hydroxylation is 1. The number of likely N-dealkylation sites (N-methyl/N-ethyl adjacent to an activating group) is 2. The number of likely N-dealkylation sites (tertiary alicyclic amines) is 1. The molecule has 0 aliphatic carbocycles. The fraction of sp³-hybridized carbons (Fsp3) is 0.387. The summed E-state index contributed by atoms with van der Waals surface area (Å²) in [5.41, 5.74) is 4.63. The number of carbonyl (C=O) groups is 2. The van der Waals surface area contributed by atoms with Gasteiger partial charge in [0.25, 0.3) is 5.91 Å². The van der Waals surface area contributed by atoms with Crippen molar-refractivity contribution in [2.24, 2.45) is 0 Å². The van der Waals surface area contributed by atoms with E-state index in [-0.39, 0.29) is 24.3 Å². The lowest BCUT2D eigenvalue weighted by atomic mass is 10.0. The minimum absolute atomic E-state index is 0.00240. The number of benzene rings is 2. The number of aromatic amines is 1. The third kappa shape index (κ3) is 6.33. The molecule has 1 fully saturated rings. The highest BCUT2D eigenvalue weighted by Crippen LogP contribution is 2.30. The van der Waals surface area contributed by atoms with Crippen LogP contribution in [0, 0.1) is 6.92 Å². The lowest BCUT2D eigenvalue weighted by Crippen LogP contribution is -2.32. The molecule has 1 unspecified atom stereocenters. The molecule has 2 N–H and O–H groups in total.